The molecule has 2 atom stereocenters. The van der Waals surface area contributed by atoms with Crippen molar-refractivity contribution in [1.29, 1.82) is 0 Å². The van der Waals surface area contributed by atoms with E-state index in [-0.39, 0.29) is 16.6 Å². The van der Waals surface area contributed by atoms with Gasteiger partial charge in [-0.1, -0.05) is 38.1 Å². The lowest BCUT2D eigenvalue weighted by Gasteiger charge is -2.41. The number of H-pyrrole nitrogens is 1. The number of nitrogens with zero attached hydrogens (tertiary/aromatic N) is 4. The number of aromatic carboxylic acids is 1. The van der Waals surface area contributed by atoms with E-state index < -0.39 is 23.8 Å². The number of aromatic amines is 1. The van der Waals surface area contributed by atoms with Crippen molar-refractivity contribution < 1.29 is 33.0 Å². The summed E-state index contributed by atoms with van der Waals surface area (Å²) in [7, 11) is 0. The van der Waals surface area contributed by atoms with Crippen LogP contribution in [0.2, 0.25) is 0 Å². The van der Waals surface area contributed by atoms with Gasteiger partial charge in [0.05, 0.1) is 5.56 Å². The third-order valence-electron chi connectivity index (χ3n) is 7.96. The Hall–Kier alpha value is -3.91. The molecule has 0 aliphatic carbocycles. The maximum absolute atomic E-state index is 12.9. The van der Waals surface area contributed by atoms with Crippen LogP contribution in [0.25, 0.3) is 11.1 Å². The van der Waals surface area contributed by atoms with Crippen LogP contribution in [-0.4, -0.2) is 66.1 Å². The number of piperidine rings is 1. The first kappa shape index (κ1) is 35.9. The number of thiophene rings is 1. The van der Waals surface area contributed by atoms with Crippen LogP contribution in [0.1, 0.15) is 71.4 Å². The van der Waals surface area contributed by atoms with E-state index in [9.17, 15) is 27.9 Å². The monoisotopic (exact) mass is 689 g/mol. The number of hydrogen-bond acceptors (Lipinski definition) is 7. The van der Waals surface area contributed by atoms with Crippen molar-refractivity contribution in [2.24, 2.45) is 11.3 Å². The number of aromatic nitrogens is 4. The van der Waals surface area contributed by atoms with Crippen LogP contribution in [0.5, 0.6) is 0 Å². The molecule has 14 heteroatoms. The number of carboxylic acids is 1. The Morgan fingerprint density at radius 2 is 1.74 bits per heavy atom. The van der Waals surface area contributed by atoms with Crippen LogP contribution in [0.15, 0.2) is 52.7 Å². The summed E-state index contributed by atoms with van der Waals surface area (Å²) in [5, 5.41) is 33.5. The zero-order valence-electron chi connectivity index (χ0n) is 26.8. The Bertz CT molecular complexity index is 1650. The number of amides is 1. The summed E-state index contributed by atoms with van der Waals surface area (Å²) >= 11 is 2.98. The maximum atomic E-state index is 12.9. The highest BCUT2D eigenvalue weighted by molar-refractivity contribution is 8.00. The molecule has 1 aliphatic rings. The molecule has 0 bridgehead atoms. The quantitative estimate of drug-likeness (QED) is 0.165. The number of nitrogens with one attached hydrogen (secondary N) is 1. The first-order chi connectivity index (χ1) is 22.0. The number of likely N-dealkylation sites (tertiary alicyclic amines) is 1. The molecule has 2 unspecified atom stereocenters. The summed E-state index contributed by atoms with van der Waals surface area (Å²) in [4.78, 5) is 25.2. The predicted molar refractivity (Wildman–Crippen MR) is 176 cm³/mol. The van der Waals surface area contributed by atoms with Crippen molar-refractivity contribution in [3.8, 4) is 11.1 Å². The molecular weight excluding hydrogens is 652 g/mol. The second-order valence-electron chi connectivity index (χ2n) is 12.6. The molecule has 0 saturated carbocycles. The minimum atomic E-state index is -4.35. The van der Waals surface area contributed by atoms with Crippen molar-refractivity contribution >= 4 is 35.2 Å². The minimum absolute atomic E-state index is 0.0231. The number of alkyl halides is 3. The lowest BCUT2D eigenvalue weighted by Crippen LogP contribution is -2.45. The average molecular weight is 690 g/mol. The lowest BCUT2D eigenvalue weighted by atomic mass is 9.80. The van der Waals surface area contributed by atoms with Gasteiger partial charge in [0.15, 0.2) is 5.82 Å². The van der Waals surface area contributed by atoms with Gasteiger partial charge in [-0.25, -0.2) is 9.59 Å². The number of hydrogen-bond donors (Lipinski definition) is 3. The molecule has 47 heavy (non-hydrogen) atoms. The van der Waals surface area contributed by atoms with Crippen LogP contribution in [0.3, 0.4) is 0 Å². The zero-order valence-corrected chi connectivity index (χ0v) is 28.4. The molecule has 1 saturated heterocycles. The van der Waals surface area contributed by atoms with E-state index in [1.165, 1.54) is 28.4 Å². The minimum Gasteiger partial charge on any atom is -0.477 e. The molecule has 2 aromatic heterocycles. The highest BCUT2D eigenvalue weighted by atomic mass is 32.2. The van der Waals surface area contributed by atoms with E-state index in [1.54, 1.807) is 23.2 Å². The van der Waals surface area contributed by atoms with Gasteiger partial charge in [0.2, 0.25) is 0 Å². The summed E-state index contributed by atoms with van der Waals surface area (Å²) in [5.41, 5.74) is 3.79. The molecule has 9 nitrogen and oxygen atoms in total. The zero-order chi connectivity index (χ0) is 34.5. The Labute approximate surface area is 279 Å². The number of tetrazole rings is 1. The molecule has 2 aromatic carbocycles. The summed E-state index contributed by atoms with van der Waals surface area (Å²) in [6, 6.07) is 11.3. The Balaban J connectivity index is 0.000000295. The molecule has 252 valence electrons. The molecule has 4 aromatic rings. The normalized spacial score (nSPS) is 15.9. The summed E-state index contributed by atoms with van der Waals surface area (Å²) in [6.45, 7) is 11.7. The van der Waals surface area contributed by atoms with Crippen LogP contribution >= 0.6 is 23.1 Å². The Morgan fingerprint density at radius 1 is 1.09 bits per heavy atom. The number of rotatable bonds is 7. The molecule has 3 heterocycles. The van der Waals surface area contributed by atoms with Gasteiger partial charge in [-0.15, -0.1) is 33.3 Å². The first-order valence-electron chi connectivity index (χ1n) is 15.0. The molecule has 1 amide bonds. The fraction of sp³-hybridized carbons (Fsp3) is 0.424. The molecule has 1 fully saturated rings. The van der Waals surface area contributed by atoms with E-state index in [4.69, 9.17) is 5.11 Å². The number of thioether (sulfide) groups is 1. The largest absolute Gasteiger partial charge is 0.477 e. The number of benzene rings is 2. The van der Waals surface area contributed by atoms with Crippen molar-refractivity contribution in [2.75, 3.05) is 13.1 Å². The molecule has 0 radical (unpaired) electrons. The van der Waals surface area contributed by atoms with Crippen LogP contribution in [-0.2, 0) is 12.6 Å². The van der Waals surface area contributed by atoms with Crippen molar-refractivity contribution in [3.63, 3.8) is 0 Å². The van der Waals surface area contributed by atoms with Gasteiger partial charge in [0.25, 0.3) is 0 Å². The molecule has 0 spiro atoms. The average Bonchev–Trinajstić information content (AvgIpc) is 3.68. The van der Waals surface area contributed by atoms with Crippen LogP contribution < -0.4 is 0 Å². The second kappa shape index (κ2) is 14.9. The van der Waals surface area contributed by atoms with Crippen molar-refractivity contribution in [2.45, 2.75) is 70.2 Å². The topological polar surface area (TPSA) is 132 Å². The third-order valence-corrected chi connectivity index (χ3v) is 10.8. The fourth-order valence-corrected chi connectivity index (χ4v) is 8.23. The second-order valence-corrected chi connectivity index (χ2v) is 14.8. The number of aryl methyl sites for hydroxylation is 2. The highest BCUT2D eigenvalue weighted by Crippen LogP contribution is 2.44. The van der Waals surface area contributed by atoms with E-state index in [0.29, 0.717) is 35.8 Å². The number of carboxylic acid groups (broad SMARTS) is 2. The van der Waals surface area contributed by atoms with Gasteiger partial charge in [-0.2, -0.15) is 18.4 Å². The predicted octanol–water partition coefficient (Wildman–Crippen LogP) is 8.44. The Kier molecular flexibility index (Phi) is 11.4. The molecular formula is C33H38F3N5O4S2. The molecule has 5 rings (SSSR count). The maximum Gasteiger partial charge on any atom is 0.416 e. The SMILES string of the molecule is Cc1cc(SC(C2CCCN(C(=O)O)C2)C(C)(C)C)cc(C)c1-c1ccc(C(F)(F)F)cc1.O=C(O)c1sccc1Cc1nn[nH]n1. The fourth-order valence-electron chi connectivity index (χ4n) is 5.92. The highest BCUT2D eigenvalue weighted by Gasteiger charge is 2.37. The van der Waals surface area contributed by atoms with E-state index >= 15 is 0 Å². The molecule has 3 N–H and O–H groups in total. The van der Waals surface area contributed by atoms with Crippen LogP contribution in [0.4, 0.5) is 18.0 Å². The summed E-state index contributed by atoms with van der Waals surface area (Å²) in [5.74, 6) is -0.167. The van der Waals surface area contributed by atoms with E-state index in [2.05, 4.69) is 53.5 Å². The number of halogens is 3. The van der Waals surface area contributed by atoms with Gasteiger partial charge >= 0.3 is 18.2 Å². The number of carbonyl (C=O) groups is 2. The smallest absolute Gasteiger partial charge is 0.416 e. The lowest BCUT2D eigenvalue weighted by molar-refractivity contribution is -0.137. The van der Waals surface area contributed by atoms with Gasteiger partial charge in [-0.3, -0.25) is 0 Å². The van der Waals surface area contributed by atoms with E-state index in [1.807, 2.05) is 13.8 Å². The van der Waals surface area contributed by atoms with Gasteiger partial charge in [-0.05, 0) is 102 Å². The first-order valence-corrected chi connectivity index (χ1v) is 16.8. The van der Waals surface area contributed by atoms with Crippen molar-refractivity contribution in [1.82, 2.24) is 25.5 Å². The van der Waals surface area contributed by atoms with Gasteiger partial charge in [0.1, 0.15) is 4.88 Å². The molecule has 1 aliphatic heterocycles. The summed E-state index contributed by atoms with van der Waals surface area (Å²) < 4.78 is 38.8. The Morgan fingerprint density at radius 3 is 2.28 bits per heavy atom. The third kappa shape index (κ3) is 9.34. The van der Waals surface area contributed by atoms with Crippen molar-refractivity contribution in [3.05, 3.63) is 80.8 Å². The van der Waals surface area contributed by atoms with Gasteiger partial charge < -0.3 is 15.1 Å². The van der Waals surface area contributed by atoms with E-state index in [0.717, 1.165) is 52.1 Å². The van der Waals surface area contributed by atoms with Crippen LogP contribution in [0, 0.1) is 25.2 Å². The summed E-state index contributed by atoms with van der Waals surface area (Å²) in [6.07, 6.45) is -2.94. The standard InChI is InChI=1S/C26H32F3NO2S.C7H6N4O2S/c1-16-13-21(14-17(2)22(16)18-8-10-20(11-9-18)26(27,28)29)33-23(25(3,4)5)19-7-6-12-30(15-19)24(31)32;12-7(13)6-4(1-2-14-6)3-5-8-10-11-9-5/h8-11,13-14,19,23H,6-7,12,15H2,1-5H3,(H,31,32);1-2H,3H2,(H,12,13)(H,8,9,10,11). The van der Waals surface area contributed by atoms with Gasteiger partial charge in [0, 0.05) is 29.7 Å².